The van der Waals surface area contributed by atoms with Crippen molar-refractivity contribution in [2.75, 3.05) is 16.8 Å². The van der Waals surface area contributed by atoms with Gasteiger partial charge in [-0.3, -0.25) is 9.59 Å². The zero-order valence-corrected chi connectivity index (χ0v) is 13.7. The van der Waals surface area contributed by atoms with Crippen LogP contribution >= 0.6 is 0 Å². The van der Waals surface area contributed by atoms with Gasteiger partial charge in [0.15, 0.2) is 0 Å². The monoisotopic (exact) mass is 334 g/mol. The van der Waals surface area contributed by atoms with Gasteiger partial charge in [-0.2, -0.15) is 0 Å². The lowest BCUT2D eigenvalue weighted by atomic mass is 10.1. The fraction of sp³-hybridized carbons (Fsp3) is 0.300. The van der Waals surface area contributed by atoms with E-state index < -0.39 is 0 Å². The molecule has 3 aliphatic rings. The quantitative estimate of drug-likeness (QED) is 0.919. The van der Waals surface area contributed by atoms with Gasteiger partial charge in [-0.1, -0.05) is 24.3 Å². The molecule has 2 amide bonds. The summed E-state index contributed by atoms with van der Waals surface area (Å²) in [6, 6.07) is 13.5. The molecule has 1 saturated carbocycles. The van der Waals surface area contributed by atoms with Crippen LogP contribution in [0, 0.1) is 0 Å². The summed E-state index contributed by atoms with van der Waals surface area (Å²) in [5.41, 5.74) is 3.40. The fourth-order valence-electron chi connectivity index (χ4n) is 3.67. The van der Waals surface area contributed by atoms with E-state index in [-0.39, 0.29) is 17.4 Å². The number of carbonyl (C=O) groups is 2. The van der Waals surface area contributed by atoms with Gasteiger partial charge in [-0.15, -0.1) is 0 Å². The van der Waals surface area contributed by atoms with Gasteiger partial charge in [0, 0.05) is 5.69 Å². The number of ether oxygens (including phenoxy) is 1. The van der Waals surface area contributed by atoms with Gasteiger partial charge < -0.3 is 15.0 Å². The van der Waals surface area contributed by atoms with E-state index in [1.54, 1.807) is 0 Å². The van der Waals surface area contributed by atoms with Gasteiger partial charge in [0.1, 0.15) is 11.4 Å². The molecular formula is C20H18N2O3. The minimum Gasteiger partial charge on any atom is -0.483 e. The first-order valence-corrected chi connectivity index (χ1v) is 8.62. The summed E-state index contributed by atoms with van der Waals surface area (Å²) in [5, 5.41) is 2.85. The lowest BCUT2D eigenvalue weighted by Gasteiger charge is -2.35. The highest BCUT2D eigenvalue weighted by molar-refractivity contribution is 6.00. The van der Waals surface area contributed by atoms with Crippen molar-refractivity contribution >= 4 is 23.2 Å². The molecule has 126 valence electrons. The maximum absolute atomic E-state index is 13.0. The van der Waals surface area contributed by atoms with Gasteiger partial charge in [-0.25, -0.2) is 0 Å². The Morgan fingerprint density at radius 2 is 2.04 bits per heavy atom. The van der Waals surface area contributed by atoms with Gasteiger partial charge in [0.05, 0.1) is 25.1 Å². The van der Waals surface area contributed by atoms with Crippen LogP contribution in [-0.2, 0) is 22.4 Å². The molecular weight excluding hydrogens is 316 g/mol. The van der Waals surface area contributed by atoms with Crippen LogP contribution in [0.2, 0.25) is 0 Å². The number of nitrogens with one attached hydrogen (secondary N) is 1. The van der Waals surface area contributed by atoms with Gasteiger partial charge in [-0.05, 0) is 42.2 Å². The molecule has 1 spiro atoms. The molecule has 0 unspecified atom stereocenters. The highest BCUT2D eigenvalue weighted by Crippen LogP contribution is 2.48. The van der Waals surface area contributed by atoms with Crippen LogP contribution in [0.15, 0.2) is 42.5 Å². The number of nitrogens with zero attached hydrogens (tertiary/aromatic N) is 1. The van der Waals surface area contributed by atoms with Crippen LogP contribution in [-0.4, -0.2) is 24.0 Å². The predicted molar refractivity (Wildman–Crippen MR) is 93.9 cm³/mol. The Kier molecular flexibility index (Phi) is 2.95. The first-order valence-electron chi connectivity index (χ1n) is 8.62. The number of carbonyl (C=O) groups excluding carboxylic acids is 2. The number of fused-ring (bicyclic) bond motifs is 2. The summed E-state index contributed by atoms with van der Waals surface area (Å²) < 4.78 is 6.09. The van der Waals surface area contributed by atoms with Crippen molar-refractivity contribution in [2.45, 2.75) is 31.3 Å². The van der Waals surface area contributed by atoms with Gasteiger partial charge in [0.2, 0.25) is 11.8 Å². The lowest BCUT2D eigenvalue weighted by Crippen LogP contribution is -2.45. The molecule has 5 heteroatoms. The first-order chi connectivity index (χ1) is 12.1. The standard InChI is InChI=1S/C20H18N2O3/c23-18-11-14-6-5-13(9-15(14)21-18)10-19(24)22-12-20(7-8-20)25-17-4-2-1-3-16(17)22/h1-6,9H,7-8,10-12H2,(H,21,23). The summed E-state index contributed by atoms with van der Waals surface area (Å²) in [7, 11) is 0. The fourth-order valence-corrected chi connectivity index (χ4v) is 3.67. The molecule has 5 rings (SSSR count). The Hall–Kier alpha value is -2.82. The average molecular weight is 334 g/mol. The van der Waals surface area contributed by atoms with Crippen LogP contribution in [0.3, 0.4) is 0 Å². The summed E-state index contributed by atoms with van der Waals surface area (Å²) >= 11 is 0. The molecule has 1 fully saturated rings. The Labute approximate surface area is 145 Å². The summed E-state index contributed by atoms with van der Waals surface area (Å²) in [5.74, 6) is 0.864. The molecule has 2 heterocycles. The molecule has 2 aliphatic heterocycles. The number of rotatable bonds is 2. The lowest BCUT2D eigenvalue weighted by molar-refractivity contribution is -0.118. The highest BCUT2D eigenvalue weighted by Gasteiger charge is 2.51. The highest BCUT2D eigenvalue weighted by atomic mass is 16.5. The maximum atomic E-state index is 13.0. The van der Waals surface area contributed by atoms with Crippen molar-refractivity contribution in [1.82, 2.24) is 0 Å². The van der Waals surface area contributed by atoms with E-state index in [0.29, 0.717) is 19.4 Å². The SMILES string of the molecule is O=C1Cc2ccc(CC(=O)N3CC4(CC4)Oc4ccccc43)cc2N1. The van der Waals surface area contributed by atoms with Crippen molar-refractivity contribution in [3.05, 3.63) is 53.6 Å². The molecule has 1 aliphatic carbocycles. The summed E-state index contributed by atoms with van der Waals surface area (Å²) in [4.78, 5) is 26.3. The number of hydrogen-bond acceptors (Lipinski definition) is 3. The Bertz CT molecular complexity index is 902. The Balaban J connectivity index is 1.41. The van der Waals surface area contributed by atoms with Crippen LogP contribution < -0.4 is 15.0 Å². The van der Waals surface area contributed by atoms with E-state index in [1.807, 2.05) is 47.4 Å². The van der Waals surface area contributed by atoms with E-state index >= 15 is 0 Å². The third-order valence-corrected chi connectivity index (χ3v) is 5.19. The predicted octanol–water partition coefficient (Wildman–Crippen LogP) is 2.68. The van der Waals surface area contributed by atoms with Crippen molar-refractivity contribution in [2.24, 2.45) is 0 Å². The molecule has 5 nitrogen and oxygen atoms in total. The number of amides is 2. The van der Waals surface area contributed by atoms with Gasteiger partial charge in [0.25, 0.3) is 0 Å². The number of hydrogen-bond donors (Lipinski definition) is 1. The van der Waals surface area contributed by atoms with E-state index in [1.165, 1.54) is 0 Å². The van der Waals surface area contributed by atoms with Crippen molar-refractivity contribution < 1.29 is 14.3 Å². The second-order valence-corrected chi connectivity index (χ2v) is 7.13. The smallest absolute Gasteiger partial charge is 0.231 e. The maximum Gasteiger partial charge on any atom is 0.231 e. The topological polar surface area (TPSA) is 58.6 Å². The normalized spacial score (nSPS) is 19.0. The second-order valence-electron chi connectivity index (χ2n) is 7.13. The third-order valence-electron chi connectivity index (χ3n) is 5.19. The summed E-state index contributed by atoms with van der Waals surface area (Å²) in [6.45, 7) is 0.616. The molecule has 0 bridgehead atoms. The number of anilines is 2. The van der Waals surface area contributed by atoms with E-state index in [4.69, 9.17) is 4.74 Å². The van der Waals surface area contributed by atoms with Crippen molar-refractivity contribution in [3.63, 3.8) is 0 Å². The van der Waals surface area contributed by atoms with Crippen LogP contribution in [0.5, 0.6) is 5.75 Å². The van der Waals surface area contributed by atoms with Gasteiger partial charge >= 0.3 is 0 Å². The van der Waals surface area contributed by atoms with Crippen molar-refractivity contribution in [3.8, 4) is 5.75 Å². The van der Waals surface area contributed by atoms with E-state index in [0.717, 1.165) is 41.1 Å². The minimum atomic E-state index is -0.185. The molecule has 2 aromatic rings. The third kappa shape index (κ3) is 2.47. The van der Waals surface area contributed by atoms with Crippen LogP contribution in [0.1, 0.15) is 24.0 Å². The first kappa shape index (κ1) is 14.5. The molecule has 0 aromatic heterocycles. The van der Waals surface area contributed by atoms with Crippen LogP contribution in [0.4, 0.5) is 11.4 Å². The molecule has 25 heavy (non-hydrogen) atoms. The number of benzene rings is 2. The molecule has 0 atom stereocenters. The van der Waals surface area contributed by atoms with E-state index in [9.17, 15) is 9.59 Å². The minimum absolute atomic E-state index is 0.0104. The van der Waals surface area contributed by atoms with Crippen LogP contribution in [0.25, 0.3) is 0 Å². The van der Waals surface area contributed by atoms with E-state index in [2.05, 4.69) is 5.32 Å². The number of para-hydroxylation sites is 2. The molecule has 0 saturated heterocycles. The Morgan fingerprint density at radius 3 is 2.88 bits per heavy atom. The zero-order valence-electron chi connectivity index (χ0n) is 13.7. The second kappa shape index (κ2) is 5.09. The molecule has 2 aromatic carbocycles. The average Bonchev–Trinajstić information content (AvgIpc) is 3.23. The summed E-state index contributed by atoms with van der Waals surface area (Å²) in [6.07, 6.45) is 2.72. The Morgan fingerprint density at radius 1 is 1.20 bits per heavy atom. The molecule has 1 N–H and O–H groups in total. The van der Waals surface area contributed by atoms with Crippen molar-refractivity contribution in [1.29, 1.82) is 0 Å². The molecule has 0 radical (unpaired) electrons. The zero-order chi connectivity index (χ0) is 17.0. The largest absolute Gasteiger partial charge is 0.483 e.